The number of aliphatic hydroxyl groups is 1. The Balaban J connectivity index is 3.49. The molecule has 0 aliphatic heterocycles. The van der Waals surface area contributed by atoms with Gasteiger partial charge in [-0.05, 0) is 32.4 Å². The molecule has 0 heterocycles. The molecule has 0 bridgehead atoms. The van der Waals surface area contributed by atoms with Gasteiger partial charge in [0.05, 0.1) is 6.67 Å². The Labute approximate surface area is 124 Å². The van der Waals surface area contributed by atoms with Gasteiger partial charge >= 0.3 is 0 Å². The van der Waals surface area contributed by atoms with Gasteiger partial charge in [-0.2, -0.15) is 0 Å². The average Bonchev–Trinajstić information content (AvgIpc) is 2.47. The van der Waals surface area contributed by atoms with Gasteiger partial charge < -0.3 is 10.4 Å². The number of carbonyl (C=O) groups excluding carboxylic acids is 1. The number of carbonyl (C=O) groups is 1. The summed E-state index contributed by atoms with van der Waals surface area (Å²) >= 11 is 0. The van der Waals surface area contributed by atoms with Crippen LogP contribution in [0, 0.1) is 0 Å². The molecule has 20 heavy (non-hydrogen) atoms. The third-order valence-electron chi connectivity index (χ3n) is 3.59. The summed E-state index contributed by atoms with van der Waals surface area (Å²) in [6, 6.07) is 0. The maximum atomic E-state index is 11.5. The lowest BCUT2D eigenvalue weighted by Gasteiger charge is -2.20. The predicted octanol–water partition coefficient (Wildman–Crippen LogP) is 2.91. The number of aliphatic hydroxyl groups excluding tert-OH is 1. The van der Waals surface area contributed by atoms with Crippen LogP contribution in [-0.4, -0.2) is 42.3 Å². The van der Waals surface area contributed by atoms with Gasteiger partial charge in [0, 0.05) is 13.0 Å². The molecule has 0 fully saturated rings. The fourth-order valence-corrected chi connectivity index (χ4v) is 2.13. The lowest BCUT2D eigenvalue weighted by Crippen LogP contribution is -2.38. The lowest BCUT2D eigenvalue weighted by atomic mass is 10.1. The van der Waals surface area contributed by atoms with E-state index in [2.05, 4.69) is 24.1 Å². The van der Waals surface area contributed by atoms with E-state index in [9.17, 15) is 4.79 Å². The predicted molar refractivity (Wildman–Crippen MR) is 84.6 cm³/mol. The number of nitrogens with one attached hydrogen (secondary N) is 1. The zero-order valence-electron chi connectivity index (χ0n) is 13.5. The largest absolute Gasteiger partial charge is 0.396 e. The summed E-state index contributed by atoms with van der Waals surface area (Å²) in [4.78, 5) is 13.8. The summed E-state index contributed by atoms with van der Waals surface area (Å²) in [6.07, 6.45) is 9.68. The standard InChI is InChI=1S/C16H34N2O2/c1-3-5-12-16(20)17-15-18(4-2)13-10-8-6-7-9-11-14-19/h19H,3-15H2,1-2H3,(H,17,20). The topological polar surface area (TPSA) is 52.6 Å². The molecule has 1 amide bonds. The molecule has 0 atom stereocenters. The molecule has 0 aromatic rings. The van der Waals surface area contributed by atoms with Crippen LogP contribution in [0.1, 0.15) is 71.6 Å². The number of nitrogens with zero attached hydrogens (tertiary/aromatic N) is 1. The number of unbranched alkanes of at least 4 members (excludes halogenated alkanes) is 6. The van der Waals surface area contributed by atoms with Gasteiger partial charge in [0.15, 0.2) is 0 Å². The van der Waals surface area contributed by atoms with Crippen LogP contribution in [0.15, 0.2) is 0 Å². The molecule has 0 rings (SSSR count). The van der Waals surface area contributed by atoms with Gasteiger partial charge in [-0.15, -0.1) is 0 Å². The second-order valence-electron chi connectivity index (χ2n) is 5.42. The third-order valence-corrected chi connectivity index (χ3v) is 3.59. The Hall–Kier alpha value is -0.610. The molecular weight excluding hydrogens is 252 g/mol. The van der Waals surface area contributed by atoms with Crippen molar-refractivity contribution in [2.75, 3.05) is 26.4 Å². The zero-order valence-corrected chi connectivity index (χ0v) is 13.5. The van der Waals surface area contributed by atoms with Crippen LogP contribution < -0.4 is 5.32 Å². The van der Waals surface area contributed by atoms with Crippen molar-refractivity contribution < 1.29 is 9.90 Å². The maximum absolute atomic E-state index is 11.5. The summed E-state index contributed by atoms with van der Waals surface area (Å²) in [6.45, 7) is 7.29. The first kappa shape index (κ1) is 19.4. The molecule has 0 aromatic carbocycles. The molecule has 0 aliphatic rings. The van der Waals surface area contributed by atoms with Crippen molar-refractivity contribution in [3.05, 3.63) is 0 Å². The van der Waals surface area contributed by atoms with Crippen molar-refractivity contribution in [3.63, 3.8) is 0 Å². The summed E-state index contributed by atoms with van der Waals surface area (Å²) in [7, 11) is 0. The molecule has 0 saturated carbocycles. The minimum Gasteiger partial charge on any atom is -0.396 e. The molecule has 120 valence electrons. The van der Waals surface area contributed by atoms with Gasteiger partial charge in [0.25, 0.3) is 0 Å². The molecule has 0 spiro atoms. The van der Waals surface area contributed by atoms with E-state index in [0.717, 1.165) is 38.8 Å². The Bertz CT molecular complexity index is 223. The van der Waals surface area contributed by atoms with Crippen LogP contribution >= 0.6 is 0 Å². The summed E-state index contributed by atoms with van der Waals surface area (Å²) in [5, 5.41) is 11.7. The highest BCUT2D eigenvalue weighted by Crippen LogP contribution is 2.05. The molecule has 0 saturated heterocycles. The first-order chi connectivity index (χ1) is 9.74. The summed E-state index contributed by atoms with van der Waals surface area (Å²) < 4.78 is 0. The Kier molecular flexibility index (Phi) is 14.3. The van der Waals surface area contributed by atoms with E-state index < -0.39 is 0 Å². The molecular formula is C16H34N2O2. The van der Waals surface area contributed by atoms with Gasteiger partial charge in [0.2, 0.25) is 5.91 Å². The molecule has 2 N–H and O–H groups in total. The number of hydrogen-bond acceptors (Lipinski definition) is 3. The molecule has 0 unspecified atom stereocenters. The van der Waals surface area contributed by atoms with Gasteiger partial charge in [-0.3, -0.25) is 9.69 Å². The van der Waals surface area contributed by atoms with E-state index in [-0.39, 0.29) is 5.91 Å². The van der Waals surface area contributed by atoms with Gasteiger partial charge in [-0.1, -0.05) is 46.0 Å². The Morgan fingerprint density at radius 2 is 1.65 bits per heavy atom. The molecule has 4 heteroatoms. The second-order valence-corrected chi connectivity index (χ2v) is 5.42. The van der Waals surface area contributed by atoms with Crippen LogP contribution in [0.4, 0.5) is 0 Å². The summed E-state index contributed by atoms with van der Waals surface area (Å²) in [5.74, 6) is 0.175. The highest BCUT2D eigenvalue weighted by molar-refractivity contribution is 5.75. The van der Waals surface area contributed by atoms with Crippen molar-refractivity contribution in [1.29, 1.82) is 0 Å². The zero-order chi connectivity index (χ0) is 15.1. The van der Waals surface area contributed by atoms with E-state index in [0.29, 0.717) is 19.7 Å². The minimum atomic E-state index is 0.175. The second kappa shape index (κ2) is 14.8. The van der Waals surface area contributed by atoms with Crippen molar-refractivity contribution >= 4 is 5.91 Å². The van der Waals surface area contributed by atoms with Gasteiger partial charge in [-0.25, -0.2) is 0 Å². The fraction of sp³-hybridized carbons (Fsp3) is 0.938. The van der Waals surface area contributed by atoms with Crippen molar-refractivity contribution in [2.24, 2.45) is 0 Å². The van der Waals surface area contributed by atoms with E-state index >= 15 is 0 Å². The van der Waals surface area contributed by atoms with Crippen LogP contribution in [-0.2, 0) is 4.79 Å². The quantitative estimate of drug-likeness (QED) is 0.381. The number of hydrogen-bond donors (Lipinski definition) is 2. The fourth-order valence-electron chi connectivity index (χ4n) is 2.13. The van der Waals surface area contributed by atoms with E-state index in [1.807, 2.05) is 0 Å². The molecule has 4 nitrogen and oxygen atoms in total. The van der Waals surface area contributed by atoms with Crippen LogP contribution in [0.3, 0.4) is 0 Å². The van der Waals surface area contributed by atoms with Gasteiger partial charge in [0.1, 0.15) is 0 Å². The molecule has 0 aromatic heterocycles. The van der Waals surface area contributed by atoms with Crippen molar-refractivity contribution in [1.82, 2.24) is 10.2 Å². The minimum absolute atomic E-state index is 0.175. The number of rotatable bonds is 14. The average molecular weight is 286 g/mol. The van der Waals surface area contributed by atoms with E-state index in [1.165, 1.54) is 25.7 Å². The van der Waals surface area contributed by atoms with Crippen LogP contribution in [0.5, 0.6) is 0 Å². The van der Waals surface area contributed by atoms with Crippen molar-refractivity contribution in [2.45, 2.75) is 71.6 Å². The first-order valence-corrected chi connectivity index (χ1v) is 8.34. The van der Waals surface area contributed by atoms with Crippen molar-refractivity contribution in [3.8, 4) is 0 Å². The normalized spacial score (nSPS) is 11.0. The maximum Gasteiger partial charge on any atom is 0.220 e. The smallest absolute Gasteiger partial charge is 0.220 e. The molecule has 0 aliphatic carbocycles. The molecule has 0 radical (unpaired) electrons. The van der Waals surface area contributed by atoms with E-state index in [4.69, 9.17) is 5.11 Å². The first-order valence-electron chi connectivity index (χ1n) is 8.34. The highest BCUT2D eigenvalue weighted by atomic mass is 16.2. The summed E-state index contributed by atoms with van der Waals surface area (Å²) in [5.41, 5.74) is 0. The van der Waals surface area contributed by atoms with Crippen LogP contribution in [0.2, 0.25) is 0 Å². The SMILES string of the molecule is CCCCC(=O)NCN(CC)CCCCCCCCO. The highest BCUT2D eigenvalue weighted by Gasteiger charge is 2.04. The third kappa shape index (κ3) is 12.4. The Morgan fingerprint density at radius 3 is 2.25 bits per heavy atom. The van der Waals surface area contributed by atoms with Crippen LogP contribution in [0.25, 0.3) is 0 Å². The monoisotopic (exact) mass is 286 g/mol. The number of amides is 1. The van der Waals surface area contributed by atoms with E-state index in [1.54, 1.807) is 0 Å². The lowest BCUT2D eigenvalue weighted by molar-refractivity contribution is -0.121. The Morgan fingerprint density at radius 1 is 1.00 bits per heavy atom.